The highest BCUT2D eigenvalue weighted by Crippen LogP contribution is 2.36. The molecule has 94 valence electrons. The lowest BCUT2D eigenvalue weighted by atomic mass is 10.2. The Balaban J connectivity index is 2.74. The van der Waals surface area contributed by atoms with Crippen LogP contribution in [0.3, 0.4) is 0 Å². The zero-order valence-corrected chi connectivity index (χ0v) is 11.4. The quantitative estimate of drug-likeness (QED) is 0.876. The summed E-state index contributed by atoms with van der Waals surface area (Å²) in [6.07, 6.45) is 3.28. The SMILES string of the molecule is C=CCn1c(C)c(C(=O)O)c(Br)c1-c1ccco1. The molecule has 5 heteroatoms. The average Bonchev–Trinajstić information content (AvgIpc) is 2.87. The van der Waals surface area contributed by atoms with Crippen molar-refractivity contribution in [2.75, 3.05) is 0 Å². The molecular weight excluding hydrogens is 298 g/mol. The molecule has 0 aliphatic heterocycles. The number of carboxylic acid groups (broad SMARTS) is 1. The van der Waals surface area contributed by atoms with Gasteiger partial charge in [0, 0.05) is 12.2 Å². The number of nitrogens with zero attached hydrogens (tertiary/aromatic N) is 1. The molecule has 2 rings (SSSR count). The second-order valence-electron chi connectivity index (χ2n) is 3.80. The van der Waals surface area contributed by atoms with Gasteiger partial charge in [-0.2, -0.15) is 0 Å². The van der Waals surface area contributed by atoms with E-state index in [1.54, 1.807) is 31.4 Å². The Morgan fingerprint density at radius 1 is 1.67 bits per heavy atom. The van der Waals surface area contributed by atoms with E-state index in [0.717, 1.165) is 5.69 Å². The molecule has 0 saturated heterocycles. The zero-order chi connectivity index (χ0) is 13.3. The predicted molar refractivity (Wildman–Crippen MR) is 71.7 cm³/mol. The van der Waals surface area contributed by atoms with Gasteiger partial charge in [0.1, 0.15) is 0 Å². The maximum atomic E-state index is 11.3. The molecule has 2 aromatic heterocycles. The van der Waals surface area contributed by atoms with Crippen LogP contribution in [0.25, 0.3) is 11.5 Å². The van der Waals surface area contributed by atoms with Crippen molar-refractivity contribution in [3.05, 3.63) is 46.8 Å². The molecule has 0 aromatic carbocycles. The van der Waals surface area contributed by atoms with E-state index < -0.39 is 5.97 Å². The molecule has 0 atom stereocenters. The molecule has 0 radical (unpaired) electrons. The van der Waals surface area contributed by atoms with Crippen LogP contribution in [-0.2, 0) is 6.54 Å². The second-order valence-corrected chi connectivity index (χ2v) is 4.60. The first-order valence-corrected chi connectivity index (χ1v) is 6.13. The van der Waals surface area contributed by atoms with E-state index in [4.69, 9.17) is 4.42 Å². The van der Waals surface area contributed by atoms with Crippen LogP contribution in [0.4, 0.5) is 0 Å². The zero-order valence-electron chi connectivity index (χ0n) is 9.81. The van der Waals surface area contributed by atoms with Crippen molar-refractivity contribution in [2.24, 2.45) is 0 Å². The van der Waals surface area contributed by atoms with E-state index in [1.165, 1.54) is 0 Å². The summed E-state index contributed by atoms with van der Waals surface area (Å²) in [7, 11) is 0. The normalized spacial score (nSPS) is 10.6. The summed E-state index contributed by atoms with van der Waals surface area (Å²) in [6, 6.07) is 3.56. The highest BCUT2D eigenvalue weighted by Gasteiger charge is 2.24. The van der Waals surface area contributed by atoms with Crippen molar-refractivity contribution in [1.29, 1.82) is 0 Å². The molecular formula is C13H12BrNO3. The highest BCUT2D eigenvalue weighted by molar-refractivity contribution is 9.10. The van der Waals surface area contributed by atoms with Crippen molar-refractivity contribution in [1.82, 2.24) is 4.57 Å². The van der Waals surface area contributed by atoms with Crippen LogP contribution in [-0.4, -0.2) is 15.6 Å². The molecule has 0 saturated carbocycles. The maximum Gasteiger partial charge on any atom is 0.338 e. The van der Waals surface area contributed by atoms with Crippen LogP contribution < -0.4 is 0 Å². The number of aromatic carboxylic acids is 1. The van der Waals surface area contributed by atoms with Gasteiger partial charge in [0.25, 0.3) is 0 Å². The molecule has 2 heterocycles. The van der Waals surface area contributed by atoms with E-state index in [1.807, 2.05) is 4.57 Å². The van der Waals surface area contributed by atoms with Crippen LogP contribution in [0.2, 0.25) is 0 Å². The number of aromatic nitrogens is 1. The van der Waals surface area contributed by atoms with E-state index in [0.29, 0.717) is 22.5 Å². The van der Waals surface area contributed by atoms with E-state index in [9.17, 15) is 9.90 Å². The van der Waals surface area contributed by atoms with Gasteiger partial charge in [-0.1, -0.05) is 6.08 Å². The summed E-state index contributed by atoms with van der Waals surface area (Å²) >= 11 is 3.35. The number of halogens is 1. The monoisotopic (exact) mass is 309 g/mol. The number of furan rings is 1. The summed E-state index contributed by atoms with van der Waals surface area (Å²) in [5.74, 6) is -0.339. The first-order valence-electron chi connectivity index (χ1n) is 5.34. The van der Waals surface area contributed by atoms with Gasteiger partial charge in [0.15, 0.2) is 5.76 Å². The minimum atomic E-state index is -0.963. The molecule has 0 unspecified atom stereocenters. The summed E-state index contributed by atoms with van der Waals surface area (Å²) < 4.78 is 7.75. The molecule has 0 amide bonds. The molecule has 0 aliphatic carbocycles. The van der Waals surface area contributed by atoms with Crippen molar-refractivity contribution in [3.63, 3.8) is 0 Å². The lowest BCUT2D eigenvalue weighted by molar-refractivity contribution is 0.0695. The molecule has 0 aliphatic rings. The Hall–Kier alpha value is -1.75. The Labute approximate surface area is 113 Å². The summed E-state index contributed by atoms with van der Waals surface area (Å²) in [6.45, 7) is 5.98. The van der Waals surface area contributed by atoms with Crippen LogP contribution >= 0.6 is 15.9 Å². The van der Waals surface area contributed by atoms with Gasteiger partial charge >= 0.3 is 5.97 Å². The summed E-state index contributed by atoms with van der Waals surface area (Å²) in [5.41, 5.74) is 1.64. The van der Waals surface area contributed by atoms with Crippen LogP contribution in [0.15, 0.2) is 39.9 Å². The fourth-order valence-electron chi connectivity index (χ4n) is 1.96. The van der Waals surface area contributed by atoms with Crippen molar-refractivity contribution in [2.45, 2.75) is 13.5 Å². The first-order chi connectivity index (χ1) is 8.57. The van der Waals surface area contributed by atoms with Gasteiger partial charge in [0.2, 0.25) is 0 Å². The lowest BCUT2D eigenvalue weighted by Crippen LogP contribution is -2.03. The first kappa shape index (κ1) is 12.7. The van der Waals surface area contributed by atoms with Gasteiger partial charge in [-0.05, 0) is 35.0 Å². The number of rotatable bonds is 4. The molecule has 0 spiro atoms. The smallest absolute Gasteiger partial charge is 0.338 e. The Bertz CT molecular complexity index is 596. The summed E-state index contributed by atoms with van der Waals surface area (Å²) in [4.78, 5) is 11.3. The summed E-state index contributed by atoms with van der Waals surface area (Å²) in [5, 5.41) is 9.25. The van der Waals surface area contributed by atoms with E-state index >= 15 is 0 Å². The maximum absolute atomic E-state index is 11.3. The van der Waals surface area contributed by atoms with E-state index in [-0.39, 0.29) is 5.56 Å². The standard InChI is InChI=1S/C13H12BrNO3/c1-3-6-15-8(2)10(13(16)17)11(14)12(15)9-5-4-7-18-9/h3-5,7H,1,6H2,2H3,(H,16,17). The lowest BCUT2D eigenvalue weighted by Gasteiger charge is -2.07. The van der Waals surface area contributed by atoms with Crippen LogP contribution in [0.5, 0.6) is 0 Å². The Morgan fingerprint density at radius 3 is 2.89 bits per heavy atom. The van der Waals surface area contributed by atoms with Gasteiger partial charge in [0.05, 0.1) is 22.0 Å². The third-order valence-corrected chi connectivity index (χ3v) is 3.52. The number of carboxylic acids is 1. The topological polar surface area (TPSA) is 55.4 Å². The largest absolute Gasteiger partial charge is 0.478 e. The predicted octanol–water partition coefficient (Wildman–Crippen LogP) is 3.70. The molecule has 0 fully saturated rings. The fourth-order valence-corrected chi connectivity index (χ4v) is 2.82. The molecule has 1 N–H and O–H groups in total. The van der Waals surface area contributed by atoms with Crippen molar-refractivity contribution in [3.8, 4) is 11.5 Å². The van der Waals surface area contributed by atoms with Crippen LogP contribution in [0.1, 0.15) is 16.1 Å². The Kier molecular flexibility index (Phi) is 3.43. The minimum Gasteiger partial charge on any atom is -0.478 e. The molecule has 2 aromatic rings. The number of hydrogen-bond donors (Lipinski definition) is 1. The molecule has 4 nitrogen and oxygen atoms in total. The van der Waals surface area contributed by atoms with Crippen molar-refractivity contribution >= 4 is 21.9 Å². The molecule has 18 heavy (non-hydrogen) atoms. The third-order valence-electron chi connectivity index (χ3n) is 2.74. The van der Waals surface area contributed by atoms with Gasteiger partial charge in [-0.15, -0.1) is 6.58 Å². The van der Waals surface area contributed by atoms with Crippen LogP contribution in [0, 0.1) is 6.92 Å². The second kappa shape index (κ2) is 4.86. The molecule has 0 bridgehead atoms. The minimum absolute atomic E-state index is 0.253. The Morgan fingerprint density at radius 2 is 2.39 bits per heavy atom. The van der Waals surface area contributed by atoms with Crippen molar-refractivity contribution < 1.29 is 14.3 Å². The number of allylic oxidation sites excluding steroid dienone is 1. The van der Waals surface area contributed by atoms with E-state index in [2.05, 4.69) is 22.5 Å². The van der Waals surface area contributed by atoms with Gasteiger partial charge < -0.3 is 14.1 Å². The number of hydrogen-bond acceptors (Lipinski definition) is 2. The fraction of sp³-hybridized carbons (Fsp3) is 0.154. The van der Waals surface area contributed by atoms with Gasteiger partial charge in [-0.25, -0.2) is 4.79 Å². The highest BCUT2D eigenvalue weighted by atomic mass is 79.9. The van der Waals surface area contributed by atoms with Gasteiger partial charge in [-0.3, -0.25) is 0 Å². The number of carbonyl (C=O) groups is 1. The average molecular weight is 310 g/mol. The third kappa shape index (κ3) is 1.90.